The van der Waals surface area contributed by atoms with Crippen LogP contribution < -0.4 is 5.32 Å². The number of rotatable bonds is 6. The Hall–Kier alpha value is -0.860. The molecule has 2 nitrogen and oxygen atoms in total. The van der Waals surface area contributed by atoms with Gasteiger partial charge in [0.05, 0.1) is 5.60 Å². The third-order valence-electron chi connectivity index (χ3n) is 3.76. The molecule has 0 aromatic heterocycles. The lowest BCUT2D eigenvalue weighted by molar-refractivity contribution is 0.0471. The van der Waals surface area contributed by atoms with E-state index in [0.29, 0.717) is 5.92 Å². The summed E-state index contributed by atoms with van der Waals surface area (Å²) in [4.78, 5) is 0. The number of hydrogen-bond donors (Lipinski definition) is 2. The Morgan fingerprint density at radius 3 is 2.26 bits per heavy atom. The van der Waals surface area contributed by atoms with Crippen LogP contribution in [0.25, 0.3) is 0 Å². The highest BCUT2D eigenvalue weighted by atomic mass is 16.3. The zero-order valence-electron chi connectivity index (χ0n) is 13.3. The van der Waals surface area contributed by atoms with Gasteiger partial charge in [0.2, 0.25) is 0 Å². The SMILES string of the molecule is Cc1cc(C)c(C(C)(O)CCNCC(C)C)cc1C. The van der Waals surface area contributed by atoms with E-state index < -0.39 is 5.60 Å². The predicted molar refractivity (Wildman–Crippen MR) is 82.5 cm³/mol. The van der Waals surface area contributed by atoms with Crippen LogP contribution in [0.1, 0.15) is 49.4 Å². The topological polar surface area (TPSA) is 32.3 Å². The fourth-order valence-corrected chi connectivity index (χ4v) is 2.40. The Labute approximate surface area is 118 Å². The molecule has 2 N–H and O–H groups in total. The second-order valence-electron chi connectivity index (χ2n) is 6.37. The molecular weight excluding hydrogens is 234 g/mol. The molecule has 0 amide bonds. The summed E-state index contributed by atoms with van der Waals surface area (Å²) in [6.45, 7) is 14.5. The lowest BCUT2D eigenvalue weighted by Gasteiger charge is -2.27. The van der Waals surface area contributed by atoms with Gasteiger partial charge in [0.25, 0.3) is 0 Å². The Morgan fingerprint density at radius 1 is 1.11 bits per heavy atom. The van der Waals surface area contributed by atoms with Gasteiger partial charge in [0.1, 0.15) is 0 Å². The molecule has 0 heterocycles. The van der Waals surface area contributed by atoms with Crippen LogP contribution in [0.15, 0.2) is 12.1 Å². The molecule has 1 atom stereocenters. The first-order valence-electron chi connectivity index (χ1n) is 7.25. The fourth-order valence-electron chi connectivity index (χ4n) is 2.40. The van der Waals surface area contributed by atoms with Crippen LogP contribution in [0.3, 0.4) is 0 Å². The first kappa shape index (κ1) is 16.2. The molecule has 0 radical (unpaired) electrons. The minimum Gasteiger partial charge on any atom is -0.385 e. The molecule has 0 aliphatic carbocycles. The molecule has 0 saturated heterocycles. The highest BCUT2D eigenvalue weighted by molar-refractivity contribution is 5.39. The van der Waals surface area contributed by atoms with E-state index in [1.807, 2.05) is 6.92 Å². The normalized spacial score (nSPS) is 14.7. The van der Waals surface area contributed by atoms with Crippen molar-refractivity contribution in [2.75, 3.05) is 13.1 Å². The molecule has 19 heavy (non-hydrogen) atoms. The molecule has 1 rings (SSSR count). The monoisotopic (exact) mass is 263 g/mol. The van der Waals surface area contributed by atoms with Gasteiger partial charge >= 0.3 is 0 Å². The van der Waals surface area contributed by atoms with Crippen LogP contribution in [-0.4, -0.2) is 18.2 Å². The van der Waals surface area contributed by atoms with Crippen molar-refractivity contribution in [1.82, 2.24) is 5.32 Å². The van der Waals surface area contributed by atoms with Crippen LogP contribution >= 0.6 is 0 Å². The number of benzene rings is 1. The standard InChI is InChI=1S/C17H29NO/c1-12(2)11-18-8-7-17(6,19)16-10-14(4)13(3)9-15(16)5/h9-10,12,18-19H,7-8,11H2,1-6H3. The summed E-state index contributed by atoms with van der Waals surface area (Å²) in [7, 11) is 0. The van der Waals surface area contributed by atoms with Crippen LogP contribution in [0.4, 0.5) is 0 Å². The van der Waals surface area contributed by atoms with Crippen molar-refractivity contribution in [1.29, 1.82) is 0 Å². The van der Waals surface area contributed by atoms with E-state index in [0.717, 1.165) is 25.1 Å². The molecule has 0 bridgehead atoms. The van der Waals surface area contributed by atoms with Crippen molar-refractivity contribution in [2.45, 2.75) is 53.6 Å². The highest BCUT2D eigenvalue weighted by Crippen LogP contribution is 2.29. The molecule has 0 spiro atoms. The maximum atomic E-state index is 10.7. The summed E-state index contributed by atoms with van der Waals surface area (Å²) in [6.07, 6.45) is 0.739. The highest BCUT2D eigenvalue weighted by Gasteiger charge is 2.24. The van der Waals surface area contributed by atoms with Gasteiger partial charge < -0.3 is 10.4 Å². The lowest BCUT2D eigenvalue weighted by Crippen LogP contribution is -2.30. The van der Waals surface area contributed by atoms with Crippen molar-refractivity contribution in [3.8, 4) is 0 Å². The fraction of sp³-hybridized carbons (Fsp3) is 0.647. The quantitative estimate of drug-likeness (QED) is 0.770. The first-order chi connectivity index (χ1) is 8.74. The number of hydrogen-bond acceptors (Lipinski definition) is 2. The zero-order chi connectivity index (χ0) is 14.6. The van der Waals surface area contributed by atoms with E-state index in [2.05, 4.69) is 52.1 Å². The Bertz CT molecular complexity index is 422. The average molecular weight is 263 g/mol. The first-order valence-corrected chi connectivity index (χ1v) is 7.25. The third-order valence-corrected chi connectivity index (χ3v) is 3.76. The largest absolute Gasteiger partial charge is 0.385 e. The molecule has 0 aliphatic heterocycles. The molecule has 108 valence electrons. The van der Waals surface area contributed by atoms with Gasteiger partial charge in [-0.05, 0) is 75.4 Å². The Kier molecular flexibility index (Phi) is 5.57. The maximum Gasteiger partial charge on any atom is 0.0883 e. The molecule has 1 aromatic rings. The van der Waals surface area contributed by atoms with Crippen LogP contribution in [-0.2, 0) is 5.60 Å². The van der Waals surface area contributed by atoms with E-state index in [9.17, 15) is 5.11 Å². The van der Waals surface area contributed by atoms with E-state index in [4.69, 9.17) is 0 Å². The van der Waals surface area contributed by atoms with Crippen molar-refractivity contribution in [3.63, 3.8) is 0 Å². The average Bonchev–Trinajstić information content (AvgIpc) is 2.29. The van der Waals surface area contributed by atoms with E-state index in [1.165, 1.54) is 16.7 Å². The summed E-state index contributed by atoms with van der Waals surface area (Å²) in [5, 5.41) is 14.1. The van der Waals surface area contributed by atoms with Crippen molar-refractivity contribution >= 4 is 0 Å². The van der Waals surface area contributed by atoms with E-state index in [-0.39, 0.29) is 0 Å². The second-order valence-corrected chi connectivity index (χ2v) is 6.37. The minimum absolute atomic E-state index is 0.647. The molecule has 2 heteroatoms. The maximum absolute atomic E-state index is 10.7. The number of aliphatic hydroxyl groups is 1. The molecular formula is C17H29NO. The van der Waals surface area contributed by atoms with Gasteiger partial charge in [-0.3, -0.25) is 0 Å². The lowest BCUT2D eigenvalue weighted by atomic mass is 9.86. The van der Waals surface area contributed by atoms with Gasteiger partial charge in [0.15, 0.2) is 0 Å². The summed E-state index contributed by atoms with van der Waals surface area (Å²) < 4.78 is 0. The van der Waals surface area contributed by atoms with Crippen LogP contribution in [0.2, 0.25) is 0 Å². The summed E-state index contributed by atoms with van der Waals surface area (Å²) >= 11 is 0. The Balaban J connectivity index is 2.74. The molecule has 0 fully saturated rings. The zero-order valence-corrected chi connectivity index (χ0v) is 13.3. The van der Waals surface area contributed by atoms with Gasteiger partial charge in [-0.15, -0.1) is 0 Å². The van der Waals surface area contributed by atoms with Gasteiger partial charge in [-0.25, -0.2) is 0 Å². The second kappa shape index (κ2) is 6.53. The van der Waals surface area contributed by atoms with Crippen molar-refractivity contribution < 1.29 is 5.11 Å². The molecule has 0 saturated carbocycles. The predicted octanol–water partition coefficient (Wildman–Crippen LogP) is 3.46. The molecule has 1 unspecified atom stereocenters. The molecule has 0 aliphatic rings. The number of nitrogens with one attached hydrogen (secondary N) is 1. The van der Waals surface area contributed by atoms with Crippen molar-refractivity contribution in [2.24, 2.45) is 5.92 Å². The third kappa shape index (κ3) is 4.63. The van der Waals surface area contributed by atoms with Crippen LogP contribution in [0, 0.1) is 26.7 Å². The summed E-state index contributed by atoms with van der Waals surface area (Å²) in [5.74, 6) is 0.647. The van der Waals surface area contributed by atoms with E-state index in [1.54, 1.807) is 0 Å². The minimum atomic E-state index is -0.757. The van der Waals surface area contributed by atoms with Gasteiger partial charge in [-0.2, -0.15) is 0 Å². The van der Waals surface area contributed by atoms with Gasteiger partial charge in [-0.1, -0.05) is 26.0 Å². The number of aryl methyl sites for hydroxylation is 3. The van der Waals surface area contributed by atoms with Gasteiger partial charge in [0, 0.05) is 0 Å². The van der Waals surface area contributed by atoms with Crippen LogP contribution in [0.5, 0.6) is 0 Å². The molecule has 1 aromatic carbocycles. The summed E-state index contributed by atoms with van der Waals surface area (Å²) in [6, 6.07) is 4.30. The Morgan fingerprint density at radius 2 is 1.68 bits per heavy atom. The summed E-state index contributed by atoms with van der Waals surface area (Å²) in [5.41, 5.74) is 4.01. The smallest absolute Gasteiger partial charge is 0.0883 e. The van der Waals surface area contributed by atoms with E-state index >= 15 is 0 Å². The van der Waals surface area contributed by atoms with Crippen molar-refractivity contribution in [3.05, 3.63) is 34.4 Å².